The van der Waals surface area contributed by atoms with Crippen molar-refractivity contribution in [3.05, 3.63) is 29.3 Å². The second-order valence-corrected chi connectivity index (χ2v) is 11.6. The van der Waals surface area contributed by atoms with Crippen molar-refractivity contribution >= 4 is 22.6 Å². The number of benzene rings is 1. The average Bonchev–Trinajstić information content (AvgIpc) is 3.31. The van der Waals surface area contributed by atoms with E-state index in [1.54, 1.807) is 0 Å². The zero-order chi connectivity index (χ0) is 19.0. The highest BCUT2D eigenvalue weighted by Crippen LogP contribution is 2.48. The van der Waals surface area contributed by atoms with Gasteiger partial charge in [0.15, 0.2) is 0 Å². The summed E-state index contributed by atoms with van der Waals surface area (Å²) in [5, 5.41) is 10.1. The molecule has 1 N–H and O–H groups in total. The van der Waals surface area contributed by atoms with Gasteiger partial charge in [0.2, 0.25) is 0 Å². The highest BCUT2D eigenvalue weighted by Gasteiger charge is 2.38. The van der Waals surface area contributed by atoms with E-state index in [2.05, 4.69) is 49.4 Å². The normalized spacial score (nSPS) is 16.0. The fourth-order valence-corrected chi connectivity index (χ4v) is 4.30. The van der Waals surface area contributed by atoms with Crippen LogP contribution >= 0.6 is 22.6 Å². The van der Waals surface area contributed by atoms with Crippen molar-refractivity contribution in [3.63, 3.8) is 0 Å². The highest BCUT2D eigenvalue weighted by atomic mass is 127. The maximum Gasteiger partial charge on any atom is 0.116 e. The van der Waals surface area contributed by atoms with Crippen LogP contribution in [0.4, 0.5) is 0 Å². The molecule has 0 heterocycles. The van der Waals surface area contributed by atoms with Gasteiger partial charge < -0.3 is 5.11 Å². The summed E-state index contributed by atoms with van der Waals surface area (Å²) in [6.45, 7) is 7.04. The van der Waals surface area contributed by atoms with Crippen molar-refractivity contribution in [3.8, 4) is 5.75 Å². The smallest absolute Gasteiger partial charge is 0.116 e. The predicted molar refractivity (Wildman–Crippen MR) is 123 cm³/mol. The molecule has 1 aromatic rings. The monoisotopic (exact) mass is 470 g/mol. The van der Waals surface area contributed by atoms with Gasteiger partial charge in [-0.3, -0.25) is 0 Å². The Morgan fingerprint density at radius 2 is 1.50 bits per heavy atom. The van der Waals surface area contributed by atoms with E-state index >= 15 is 0 Å². The lowest BCUT2D eigenvalue weighted by Gasteiger charge is -2.22. The van der Waals surface area contributed by atoms with Crippen LogP contribution in [-0.4, -0.2) is 8.53 Å². The van der Waals surface area contributed by atoms with Gasteiger partial charge in [-0.25, -0.2) is 0 Å². The second-order valence-electron chi connectivity index (χ2n) is 9.30. The van der Waals surface area contributed by atoms with Crippen LogP contribution in [0.25, 0.3) is 0 Å². The third-order valence-electron chi connectivity index (χ3n) is 6.20. The fourth-order valence-electron chi connectivity index (χ4n) is 3.65. The Morgan fingerprint density at radius 1 is 0.923 bits per heavy atom. The molecule has 0 atom stereocenters. The molecule has 0 saturated heterocycles. The largest absolute Gasteiger partial charge is 0.508 e. The van der Waals surface area contributed by atoms with Gasteiger partial charge in [-0.1, -0.05) is 81.5 Å². The lowest BCUT2D eigenvalue weighted by molar-refractivity contribution is 0.308. The van der Waals surface area contributed by atoms with Crippen molar-refractivity contribution in [1.82, 2.24) is 0 Å². The number of alkyl halides is 1. The summed E-state index contributed by atoms with van der Waals surface area (Å²) < 4.78 is 0.669. The summed E-state index contributed by atoms with van der Waals surface area (Å²) in [5.41, 5.74) is 3.14. The zero-order valence-corrected chi connectivity index (χ0v) is 19.4. The van der Waals surface area contributed by atoms with Gasteiger partial charge in [0, 0.05) is 3.42 Å². The number of halogens is 1. The quantitative estimate of drug-likeness (QED) is 0.176. The fraction of sp³-hybridized carbons (Fsp3) is 0.750. The van der Waals surface area contributed by atoms with Crippen LogP contribution < -0.4 is 0 Å². The molecule has 1 aromatic carbocycles. The molecule has 148 valence electrons. The topological polar surface area (TPSA) is 20.2 Å². The summed E-state index contributed by atoms with van der Waals surface area (Å²) in [5.74, 6) is 0.453. The first-order chi connectivity index (χ1) is 12.3. The van der Waals surface area contributed by atoms with Gasteiger partial charge in [-0.05, 0) is 80.0 Å². The maximum atomic E-state index is 10.1. The Hall–Kier alpha value is -0.250. The van der Waals surface area contributed by atoms with Crippen LogP contribution in [0.2, 0.25) is 0 Å². The zero-order valence-electron chi connectivity index (χ0n) is 17.2. The first-order valence-corrected chi connectivity index (χ1v) is 11.9. The Bertz CT molecular complexity index is 545. The number of rotatable bonds is 13. The summed E-state index contributed by atoms with van der Waals surface area (Å²) in [6, 6.07) is 6.26. The Kier molecular flexibility index (Phi) is 8.76. The van der Waals surface area contributed by atoms with Gasteiger partial charge in [0.1, 0.15) is 5.75 Å². The summed E-state index contributed by atoms with van der Waals surface area (Å²) in [7, 11) is 0. The molecular weight excluding hydrogens is 431 g/mol. The molecule has 1 nitrogen and oxygen atoms in total. The second kappa shape index (κ2) is 10.3. The van der Waals surface area contributed by atoms with E-state index < -0.39 is 0 Å². The minimum Gasteiger partial charge on any atom is -0.508 e. The molecule has 0 unspecified atom stereocenters. The van der Waals surface area contributed by atoms with Gasteiger partial charge in [-0.15, -0.1) is 0 Å². The number of phenols is 1. The average molecular weight is 470 g/mol. The van der Waals surface area contributed by atoms with Gasteiger partial charge in [0.05, 0.1) is 0 Å². The van der Waals surface area contributed by atoms with Crippen LogP contribution in [0, 0.1) is 5.41 Å². The minimum absolute atomic E-state index is 0.453. The molecule has 0 bridgehead atoms. The van der Waals surface area contributed by atoms with Crippen molar-refractivity contribution in [2.45, 2.75) is 108 Å². The number of phenolic OH excluding ortho intramolecular Hbond substituents is 1. The van der Waals surface area contributed by atoms with Crippen molar-refractivity contribution < 1.29 is 5.11 Å². The van der Waals surface area contributed by atoms with E-state index in [0.29, 0.717) is 14.6 Å². The molecule has 0 amide bonds. The predicted octanol–water partition coefficient (Wildman–Crippen LogP) is 8.00. The SMILES string of the molecule is CCC(C)(C)CCCCCc1cc(O)cc(CCCCCC2(I)CC2)c1. The number of aryl methyl sites for hydroxylation is 2. The molecule has 1 fully saturated rings. The Labute approximate surface area is 175 Å². The van der Waals surface area contributed by atoms with Gasteiger partial charge >= 0.3 is 0 Å². The van der Waals surface area contributed by atoms with Crippen LogP contribution in [0.15, 0.2) is 18.2 Å². The first-order valence-electron chi connectivity index (χ1n) is 10.8. The Balaban J connectivity index is 1.65. The van der Waals surface area contributed by atoms with E-state index in [9.17, 15) is 5.11 Å². The molecule has 0 spiro atoms. The van der Waals surface area contributed by atoms with Crippen LogP contribution in [0.1, 0.15) is 103 Å². The molecule has 26 heavy (non-hydrogen) atoms. The summed E-state index contributed by atoms with van der Waals surface area (Å²) >= 11 is 2.65. The number of unbranched alkanes of at least 4 members (excludes halogenated alkanes) is 4. The van der Waals surface area contributed by atoms with E-state index in [1.807, 2.05) is 12.1 Å². The van der Waals surface area contributed by atoms with Crippen LogP contribution in [0.5, 0.6) is 5.75 Å². The molecule has 1 aliphatic rings. The van der Waals surface area contributed by atoms with Crippen LogP contribution in [-0.2, 0) is 12.8 Å². The number of aromatic hydroxyl groups is 1. The Morgan fingerprint density at radius 3 is 2.04 bits per heavy atom. The highest BCUT2D eigenvalue weighted by molar-refractivity contribution is 14.1. The van der Waals surface area contributed by atoms with Gasteiger partial charge in [0.25, 0.3) is 0 Å². The van der Waals surface area contributed by atoms with E-state index in [4.69, 9.17) is 0 Å². The maximum absolute atomic E-state index is 10.1. The molecule has 1 aliphatic carbocycles. The van der Waals surface area contributed by atoms with E-state index in [1.165, 1.54) is 81.8 Å². The summed E-state index contributed by atoms with van der Waals surface area (Å²) in [6.07, 6.45) is 16.9. The molecule has 0 aliphatic heterocycles. The van der Waals surface area contributed by atoms with Crippen molar-refractivity contribution in [2.75, 3.05) is 0 Å². The molecule has 2 rings (SSSR count). The minimum atomic E-state index is 0.453. The third kappa shape index (κ3) is 8.63. The molecule has 0 radical (unpaired) electrons. The summed E-state index contributed by atoms with van der Waals surface area (Å²) in [4.78, 5) is 0. The molecule has 1 saturated carbocycles. The third-order valence-corrected chi connectivity index (χ3v) is 7.81. The molecule has 2 heteroatoms. The first kappa shape index (κ1) is 22.0. The van der Waals surface area contributed by atoms with Crippen molar-refractivity contribution in [2.24, 2.45) is 5.41 Å². The standard InChI is InChI=1S/C24H39IO/c1-4-23(2,3)13-9-5-7-11-20-17-21(19-22(26)18-20)12-8-6-10-14-24(25)15-16-24/h17-19,26H,4-16H2,1-3H3. The van der Waals surface area contributed by atoms with Gasteiger partial charge in [-0.2, -0.15) is 0 Å². The van der Waals surface area contributed by atoms with E-state index in [-0.39, 0.29) is 0 Å². The number of hydrogen-bond donors (Lipinski definition) is 1. The lowest BCUT2D eigenvalue weighted by atomic mass is 9.84. The molecule has 0 aromatic heterocycles. The molecular formula is C24H39IO. The van der Waals surface area contributed by atoms with E-state index in [0.717, 1.165) is 12.8 Å². The lowest BCUT2D eigenvalue weighted by Crippen LogP contribution is -2.08. The number of hydrogen-bond acceptors (Lipinski definition) is 1. The van der Waals surface area contributed by atoms with Crippen LogP contribution in [0.3, 0.4) is 0 Å². The van der Waals surface area contributed by atoms with Crippen molar-refractivity contribution in [1.29, 1.82) is 0 Å².